The first-order valence-corrected chi connectivity index (χ1v) is 8.35. The fraction of sp³-hybridized carbons (Fsp3) is 0.250. The fourth-order valence-corrected chi connectivity index (χ4v) is 2.62. The molecule has 5 nitrogen and oxygen atoms in total. The van der Waals surface area contributed by atoms with Crippen molar-refractivity contribution in [2.24, 2.45) is 0 Å². The summed E-state index contributed by atoms with van der Waals surface area (Å²) >= 11 is 0. The molecule has 0 aliphatic carbocycles. The van der Waals surface area contributed by atoms with Crippen molar-refractivity contribution in [2.75, 3.05) is 18.5 Å². The number of carbonyl (C=O) groups excluding carboxylic acids is 1. The van der Waals surface area contributed by atoms with Crippen LogP contribution in [-0.2, 0) is 14.9 Å². The first-order valence-electron chi connectivity index (χ1n) is 8.35. The quantitative estimate of drug-likeness (QED) is 0.541. The van der Waals surface area contributed by atoms with Crippen LogP contribution in [0.1, 0.15) is 19.4 Å². The van der Waals surface area contributed by atoms with E-state index in [4.69, 9.17) is 4.74 Å². The van der Waals surface area contributed by atoms with Gasteiger partial charge in [0, 0.05) is 5.39 Å². The van der Waals surface area contributed by atoms with Crippen LogP contribution in [0.3, 0.4) is 0 Å². The van der Waals surface area contributed by atoms with E-state index in [0.29, 0.717) is 17.9 Å². The highest BCUT2D eigenvalue weighted by molar-refractivity contribution is 5.88. The molecular weight excluding hydrogens is 333 g/mol. The fourth-order valence-electron chi connectivity index (χ4n) is 2.62. The number of ether oxygens (including phenoxy) is 1. The highest BCUT2D eigenvalue weighted by Crippen LogP contribution is 2.25. The standard InChI is InChI=1S/C20H20FN3O2/c1-20(2,14-7-9-15(21)10-8-14)19(25)26-12-11-22-18-16-5-3-4-6-17(16)23-13-24-18/h3-10,13H,11-12H2,1-2H3,(H,22,23,24). The molecule has 3 rings (SSSR count). The second-order valence-electron chi connectivity index (χ2n) is 6.43. The van der Waals surface area contributed by atoms with Crippen molar-refractivity contribution >= 4 is 22.7 Å². The summed E-state index contributed by atoms with van der Waals surface area (Å²) in [6.45, 7) is 4.13. The lowest BCUT2D eigenvalue weighted by atomic mass is 9.85. The Morgan fingerprint density at radius 2 is 1.85 bits per heavy atom. The van der Waals surface area contributed by atoms with Crippen molar-refractivity contribution in [3.8, 4) is 0 Å². The Balaban J connectivity index is 1.57. The van der Waals surface area contributed by atoms with Crippen LogP contribution >= 0.6 is 0 Å². The molecule has 0 unspecified atom stereocenters. The zero-order valence-electron chi connectivity index (χ0n) is 14.7. The number of halogens is 1. The minimum atomic E-state index is -0.852. The van der Waals surface area contributed by atoms with Gasteiger partial charge in [-0.05, 0) is 43.7 Å². The molecule has 0 saturated heterocycles. The van der Waals surface area contributed by atoms with Gasteiger partial charge in [0.05, 0.1) is 17.5 Å². The van der Waals surface area contributed by atoms with E-state index in [1.165, 1.54) is 18.5 Å². The summed E-state index contributed by atoms with van der Waals surface area (Å²) in [5.74, 6) is 0.00194. The maximum atomic E-state index is 13.1. The summed E-state index contributed by atoms with van der Waals surface area (Å²) in [4.78, 5) is 20.8. The predicted molar refractivity (Wildman–Crippen MR) is 98.4 cm³/mol. The van der Waals surface area contributed by atoms with Crippen molar-refractivity contribution in [1.29, 1.82) is 0 Å². The lowest BCUT2D eigenvalue weighted by molar-refractivity contribution is -0.148. The van der Waals surface area contributed by atoms with Gasteiger partial charge in [0.15, 0.2) is 0 Å². The Hall–Kier alpha value is -3.02. The smallest absolute Gasteiger partial charge is 0.316 e. The molecule has 0 amide bonds. The lowest BCUT2D eigenvalue weighted by Gasteiger charge is -2.23. The van der Waals surface area contributed by atoms with Gasteiger partial charge in [-0.15, -0.1) is 0 Å². The molecule has 0 saturated carbocycles. The van der Waals surface area contributed by atoms with Gasteiger partial charge in [0.1, 0.15) is 24.6 Å². The average Bonchev–Trinajstić information content (AvgIpc) is 2.65. The van der Waals surface area contributed by atoms with Gasteiger partial charge in [0.2, 0.25) is 0 Å². The van der Waals surface area contributed by atoms with E-state index in [1.807, 2.05) is 24.3 Å². The zero-order valence-corrected chi connectivity index (χ0v) is 14.7. The molecule has 0 aliphatic heterocycles. The van der Waals surface area contributed by atoms with E-state index in [9.17, 15) is 9.18 Å². The molecule has 3 aromatic rings. The molecule has 6 heteroatoms. The van der Waals surface area contributed by atoms with E-state index < -0.39 is 5.41 Å². The highest BCUT2D eigenvalue weighted by atomic mass is 19.1. The zero-order chi connectivity index (χ0) is 18.6. The minimum absolute atomic E-state index is 0.196. The van der Waals surface area contributed by atoms with E-state index >= 15 is 0 Å². The van der Waals surface area contributed by atoms with Crippen LogP contribution < -0.4 is 5.32 Å². The number of rotatable bonds is 6. The van der Waals surface area contributed by atoms with E-state index in [1.54, 1.807) is 26.0 Å². The number of nitrogens with zero attached hydrogens (tertiary/aromatic N) is 2. The van der Waals surface area contributed by atoms with Crippen molar-refractivity contribution in [1.82, 2.24) is 9.97 Å². The SMILES string of the molecule is CC(C)(C(=O)OCCNc1ncnc2ccccc12)c1ccc(F)cc1. The van der Waals surface area contributed by atoms with Crippen LogP contribution in [0.25, 0.3) is 10.9 Å². The van der Waals surface area contributed by atoms with Gasteiger partial charge >= 0.3 is 5.97 Å². The van der Waals surface area contributed by atoms with Gasteiger partial charge in [-0.1, -0.05) is 24.3 Å². The third kappa shape index (κ3) is 3.79. The van der Waals surface area contributed by atoms with Crippen LogP contribution in [0.2, 0.25) is 0 Å². The van der Waals surface area contributed by atoms with Crippen LogP contribution in [0, 0.1) is 5.82 Å². The number of aromatic nitrogens is 2. The van der Waals surface area contributed by atoms with Crippen molar-refractivity contribution in [3.05, 3.63) is 66.2 Å². The van der Waals surface area contributed by atoms with E-state index in [0.717, 1.165) is 10.9 Å². The summed E-state index contributed by atoms with van der Waals surface area (Å²) in [6.07, 6.45) is 1.49. The van der Waals surface area contributed by atoms with Crippen LogP contribution in [0.5, 0.6) is 0 Å². The Labute approximate surface area is 151 Å². The third-order valence-electron chi connectivity index (χ3n) is 4.25. The minimum Gasteiger partial charge on any atom is -0.463 e. The summed E-state index contributed by atoms with van der Waals surface area (Å²) < 4.78 is 18.4. The van der Waals surface area contributed by atoms with Gasteiger partial charge in [-0.2, -0.15) is 0 Å². The third-order valence-corrected chi connectivity index (χ3v) is 4.25. The molecule has 134 valence electrons. The van der Waals surface area contributed by atoms with Crippen LogP contribution in [-0.4, -0.2) is 29.1 Å². The monoisotopic (exact) mass is 353 g/mol. The summed E-state index contributed by atoms with van der Waals surface area (Å²) in [6, 6.07) is 13.6. The highest BCUT2D eigenvalue weighted by Gasteiger charge is 2.31. The molecule has 0 radical (unpaired) electrons. The maximum absolute atomic E-state index is 13.1. The van der Waals surface area contributed by atoms with Gasteiger partial charge in [-0.25, -0.2) is 14.4 Å². The largest absolute Gasteiger partial charge is 0.463 e. The first kappa shape index (κ1) is 17.8. The Morgan fingerprint density at radius 1 is 1.12 bits per heavy atom. The summed E-state index contributed by atoms with van der Waals surface area (Å²) in [5, 5.41) is 4.07. The number of nitrogens with one attached hydrogen (secondary N) is 1. The molecule has 1 aromatic heterocycles. The molecule has 1 N–H and O–H groups in total. The van der Waals surface area contributed by atoms with E-state index in [-0.39, 0.29) is 18.4 Å². The van der Waals surface area contributed by atoms with E-state index in [2.05, 4.69) is 15.3 Å². The van der Waals surface area contributed by atoms with Crippen molar-refractivity contribution < 1.29 is 13.9 Å². The molecule has 26 heavy (non-hydrogen) atoms. The Morgan fingerprint density at radius 3 is 2.62 bits per heavy atom. The number of para-hydroxylation sites is 1. The lowest BCUT2D eigenvalue weighted by Crippen LogP contribution is -2.32. The molecule has 2 aromatic carbocycles. The number of esters is 1. The molecule has 0 fully saturated rings. The summed E-state index contributed by atoms with van der Waals surface area (Å²) in [5.41, 5.74) is 0.702. The van der Waals surface area contributed by atoms with Crippen LogP contribution in [0.4, 0.5) is 10.2 Å². The molecule has 0 spiro atoms. The molecule has 0 atom stereocenters. The molecular formula is C20H20FN3O2. The van der Waals surface area contributed by atoms with Crippen LogP contribution in [0.15, 0.2) is 54.9 Å². The number of hydrogen-bond acceptors (Lipinski definition) is 5. The number of fused-ring (bicyclic) bond motifs is 1. The molecule has 0 bridgehead atoms. The van der Waals surface area contributed by atoms with Gasteiger partial charge < -0.3 is 10.1 Å². The maximum Gasteiger partial charge on any atom is 0.316 e. The van der Waals surface area contributed by atoms with Crippen molar-refractivity contribution in [2.45, 2.75) is 19.3 Å². The second kappa shape index (κ2) is 7.47. The number of hydrogen-bond donors (Lipinski definition) is 1. The summed E-state index contributed by atoms with van der Waals surface area (Å²) in [7, 11) is 0. The van der Waals surface area contributed by atoms with Gasteiger partial charge in [-0.3, -0.25) is 4.79 Å². The molecule has 0 aliphatic rings. The normalized spacial score (nSPS) is 11.3. The first-order chi connectivity index (χ1) is 12.5. The number of benzene rings is 2. The predicted octanol–water partition coefficient (Wildman–Crippen LogP) is 3.70. The second-order valence-corrected chi connectivity index (χ2v) is 6.43. The Bertz CT molecular complexity index is 905. The van der Waals surface area contributed by atoms with Crippen molar-refractivity contribution in [3.63, 3.8) is 0 Å². The average molecular weight is 353 g/mol. The number of carbonyl (C=O) groups is 1. The Kier molecular flexibility index (Phi) is 5.11. The van der Waals surface area contributed by atoms with Gasteiger partial charge in [0.25, 0.3) is 0 Å². The molecule has 1 heterocycles. The number of anilines is 1. The topological polar surface area (TPSA) is 64.1 Å².